The normalized spacial score (nSPS) is 11.3. The molecule has 4 aromatic rings. The fourth-order valence-corrected chi connectivity index (χ4v) is 4.92. The first-order valence-electron chi connectivity index (χ1n) is 13.9. The van der Waals surface area contributed by atoms with Crippen molar-refractivity contribution in [1.82, 2.24) is 5.32 Å². The summed E-state index contributed by atoms with van der Waals surface area (Å²) < 4.78 is 8.56. The van der Waals surface area contributed by atoms with Crippen LogP contribution in [0.25, 0.3) is 23.1 Å². The lowest BCUT2D eigenvalue weighted by atomic mass is 10.0. The molecular weight excluding hydrogens is 482 g/mol. The Morgan fingerprint density at radius 2 is 1.64 bits per heavy atom. The summed E-state index contributed by atoms with van der Waals surface area (Å²) in [6.45, 7) is 6.70. The van der Waals surface area contributed by atoms with Crippen LogP contribution in [0.4, 0.5) is 0 Å². The highest BCUT2D eigenvalue weighted by molar-refractivity contribution is 5.77. The van der Waals surface area contributed by atoms with Crippen LogP contribution in [0.1, 0.15) is 53.6 Å². The van der Waals surface area contributed by atoms with Crippen LogP contribution in [0.5, 0.6) is 5.75 Å². The summed E-state index contributed by atoms with van der Waals surface area (Å²) in [7, 11) is 0. The number of fused-ring (bicyclic) bond motifs is 1. The molecule has 1 amide bonds. The van der Waals surface area contributed by atoms with E-state index in [1.165, 1.54) is 10.9 Å². The number of aromatic nitrogens is 1. The lowest BCUT2D eigenvalue weighted by molar-refractivity contribution is -0.673. The van der Waals surface area contributed by atoms with Crippen LogP contribution in [0.3, 0.4) is 0 Å². The van der Waals surface area contributed by atoms with Gasteiger partial charge in [0.2, 0.25) is 17.1 Å². The van der Waals surface area contributed by atoms with Crippen molar-refractivity contribution in [3.63, 3.8) is 0 Å². The maximum Gasteiger partial charge on any atom is 0.220 e. The number of amides is 1. The number of hydrogen-bond donors (Lipinski definition) is 2. The monoisotopic (exact) mass is 522 g/mol. The summed E-state index contributed by atoms with van der Waals surface area (Å²) in [5.74, 6) is 1.04. The Bertz CT molecular complexity index is 1390. The van der Waals surface area contributed by atoms with Gasteiger partial charge in [-0.05, 0) is 79.3 Å². The number of aryl methyl sites for hydroxylation is 3. The first-order chi connectivity index (χ1) is 19.0. The van der Waals surface area contributed by atoms with Crippen molar-refractivity contribution in [3.05, 3.63) is 107 Å². The van der Waals surface area contributed by atoms with E-state index in [1.807, 2.05) is 18.2 Å². The summed E-state index contributed by atoms with van der Waals surface area (Å²) in [6, 6.07) is 27.5. The second-order valence-corrected chi connectivity index (χ2v) is 10.0. The van der Waals surface area contributed by atoms with Gasteiger partial charge in [0.15, 0.2) is 0 Å². The van der Waals surface area contributed by atoms with Gasteiger partial charge in [-0.3, -0.25) is 4.79 Å². The molecule has 4 rings (SSSR count). The van der Waals surface area contributed by atoms with E-state index in [1.54, 1.807) is 0 Å². The van der Waals surface area contributed by atoms with Crippen LogP contribution >= 0.6 is 0 Å². The third-order valence-corrected chi connectivity index (χ3v) is 6.88. The minimum absolute atomic E-state index is 0.0870. The molecule has 0 unspecified atom stereocenters. The zero-order chi connectivity index (χ0) is 27.5. The van der Waals surface area contributed by atoms with Gasteiger partial charge in [0, 0.05) is 49.5 Å². The predicted octanol–water partition coefficient (Wildman–Crippen LogP) is 6.13. The number of hydrogen-bond acceptors (Lipinski definition) is 3. The molecule has 5 heteroatoms. The van der Waals surface area contributed by atoms with Gasteiger partial charge in [0.05, 0.1) is 0 Å². The van der Waals surface area contributed by atoms with Gasteiger partial charge in [-0.15, -0.1) is 0 Å². The summed E-state index contributed by atoms with van der Waals surface area (Å²) in [4.78, 5) is 11.9. The summed E-state index contributed by atoms with van der Waals surface area (Å²) >= 11 is 0. The molecule has 202 valence electrons. The van der Waals surface area contributed by atoms with Gasteiger partial charge in [-0.25, -0.2) is 0 Å². The molecule has 3 aromatic carbocycles. The van der Waals surface area contributed by atoms with Gasteiger partial charge in [0.25, 0.3) is 0 Å². The molecule has 1 heterocycles. The van der Waals surface area contributed by atoms with Crippen molar-refractivity contribution in [2.24, 2.45) is 5.73 Å². The van der Waals surface area contributed by atoms with Crippen molar-refractivity contribution >= 4 is 29.0 Å². The molecule has 0 saturated heterocycles. The number of para-hydroxylation sites is 1. The van der Waals surface area contributed by atoms with Crippen molar-refractivity contribution in [1.29, 1.82) is 0 Å². The first kappa shape index (κ1) is 28.1. The zero-order valence-electron chi connectivity index (χ0n) is 23.2. The van der Waals surface area contributed by atoms with E-state index in [9.17, 15) is 4.79 Å². The maximum absolute atomic E-state index is 11.9. The molecule has 0 aliphatic rings. The smallest absolute Gasteiger partial charge is 0.220 e. The fraction of sp³-hybridized carbons (Fsp3) is 0.294. The van der Waals surface area contributed by atoms with Crippen molar-refractivity contribution in [2.75, 3.05) is 13.1 Å². The molecule has 0 aliphatic carbocycles. The van der Waals surface area contributed by atoms with E-state index in [-0.39, 0.29) is 5.91 Å². The highest BCUT2D eigenvalue weighted by atomic mass is 16.5. The SMILES string of the molecule is Cc1cc(/C=C/c2ccc3ccccc3[n+]2CCCCCC(=O)NCCN)cc(C)c1OCc1ccccc1. The number of carbonyl (C=O) groups is 1. The lowest BCUT2D eigenvalue weighted by Gasteiger charge is -2.13. The maximum atomic E-state index is 11.9. The number of rotatable bonds is 13. The number of nitrogens with zero attached hydrogens (tertiary/aromatic N) is 1. The van der Waals surface area contributed by atoms with Gasteiger partial charge < -0.3 is 15.8 Å². The van der Waals surface area contributed by atoms with Gasteiger partial charge >= 0.3 is 0 Å². The molecule has 0 atom stereocenters. The average Bonchev–Trinajstić information content (AvgIpc) is 2.95. The van der Waals surface area contributed by atoms with E-state index < -0.39 is 0 Å². The Labute approximate surface area is 232 Å². The molecule has 0 aliphatic heterocycles. The van der Waals surface area contributed by atoms with Crippen LogP contribution in [0.2, 0.25) is 0 Å². The second-order valence-electron chi connectivity index (χ2n) is 10.0. The minimum atomic E-state index is 0.0870. The standard InChI is InChI=1S/C34H39N3O2/c1-26-23-29(24-27(2)34(26)39-25-28-11-5-3-6-12-28)16-18-31-19-17-30-13-8-9-14-32(30)37(31)22-10-4-7-15-33(38)36-21-20-35/h3,5-6,8-9,11-14,16-19,23-24H,4,7,10,15,20-22,25,35H2,1-2H3/p+1/b18-16+. The molecule has 3 N–H and O–H groups in total. The van der Waals surface area contributed by atoms with Gasteiger partial charge in [-0.2, -0.15) is 4.57 Å². The Morgan fingerprint density at radius 3 is 2.41 bits per heavy atom. The number of unbranched alkanes of at least 4 members (excludes halogenated alkanes) is 2. The first-order valence-corrected chi connectivity index (χ1v) is 13.9. The quantitative estimate of drug-likeness (QED) is 0.164. The molecule has 0 radical (unpaired) electrons. The number of nitrogens with two attached hydrogens (primary N) is 1. The molecular formula is C34H40N3O2+. The van der Waals surface area contributed by atoms with Gasteiger partial charge in [0.1, 0.15) is 18.9 Å². The van der Waals surface area contributed by atoms with Crippen LogP contribution < -0.4 is 20.4 Å². The summed E-state index contributed by atoms with van der Waals surface area (Å²) in [5.41, 5.74) is 12.4. The zero-order valence-corrected chi connectivity index (χ0v) is 23.2. The average molecular weight is 523 g/mol. The van der Waals surface area contributed by atoms with Crippen LogP contribution in [0.15, 0.2) is 78.9 Å². The summed E-state index contributed by atoms with van der Waals surface area (Å²) in [5, 5.41) is 4.07. The molecule has 0 saturated carbocycles. The lowest BCUT2D eigenvalue weighted by Crippen LogP contribution is -2.38. The van der Waals surface area contributed by atoms with Crippen molar-refractivity contribution in [3.8, 4) is 5.75 Å². The Balaban J connectivity index is 1.46. The van der Waals surface area contributed by atoms with Crippen LogP contribution in [-0.2, 0) is 17.9 Å². The third kappa shape index (κ3) is 8.01. The highest BCUT2D eigenvalue weighted by Gasteiger charge is 2.14. The molecule has 0 bridgehead atoms. The highest BCUT2D eigenvalue weighted by Crippen LogP contribution is 2.27. The van der Waals surface area contributed by atoms with E-state index in [0.29, 0.717) is 26.1 Å². The Hall–Kier alpha value is -3.96. The van der Waals surface area contributed by atoms with Crippen LogP contribution in [-0.4, -0.2) is 19.0 Å². The second kappa shape index (κ2) is 14.3. The van der Waals surface area contributed by atoms with E-state index in [0.717, 1.165) is 59.5 Å². The third-order valence-electron chi connectivity index (χ3n) is 6.88. The van der Waals surface area contributed by atoms with Crippen LogP contribution in [0, 0.1) is 13.8 Å². The van der Waals surface area contributed by atoms with E-state index >= 15 is 0 Å². The van der Waals surface area contributed by atoms with Gasteiger partial charge in [-0.1, -0.05) is 42.5 Å². The Kier molecular flexibility index (Phi) is 10.3. The number of nitrogens with one attached hydrogen (secondary N) is 1. The Morgan fingerprint density at radius 1 is 0.897 bits per heavy atom. The predicted molar refractivity (Wildman–Crippen MR) is 160 cm³/mol. The molecule has 1 aromatic heterocycles. The van der Waals surface area contributed by atoms with E-state index in [4.69, 9.17) is 10.5 Å². The topological polar surface area (TPSA) is 68.2 Å². The molecule has 0 spiro atoms. The molecule has 5 nitrogen and oxygen atoms in total. The van der Waals surface area contributed by atoms with E-state index in [2.05, 4.69) is 96.5 Å². The van der Waals surface area contributed by atoms with Crippen molar-refractivity contribution in [2.45, 2.75) is 52.7 Å². The largest absolute Gasteiger partial charge is 0.488 e. The number of carbonyl (C=O) groups excluding carboxylic acids is 1. The van der Waals surface area contributed by atoms with Crippen molar-refractivity contribution < 1.29 is 14.1 Å². The summed E-state index contributed by atoms with van der Waals surface area (Å²) in [6.07, 6.45) is 7.82. The number of pyridine rings is 1. The number of ether oxygens (including phenoxy) is 1. The fourth-order valence-electron chi connectivity index (χ4n) is 4.92. The minimum Gasteiger partial charge on any atom is -0.488 e. The number of benzene rings is 3. The molecule has 39 heavy (non-hydrogen) atoms. The molecule has 0 fully saturated rings.